The highest BCUT2D eigenvalue weighted by Crippen LogP contribution is 2.43. The van der Waals surface area contributed by atoms with E-state index >= 15 is 0 Å². The zero-order valence-corrected chi connectivity index (χ0v) is 20.2. The molecule has 4 rings (SSSR count). The van der Waals surface area contributed by atoms with Gasteiger partial charge in [0, 0.05) is 12.1 Å². The van der Waals surface area contributed by atoms with E-state index in [1.165, 1.54) is 31.3 Å². The van der Waals surface area contributed by atoms with Crippen LogP contribution in [0.2, 0.25) is 0 Å². The number of amides is 1. The van der Waals surface area contributed by atoms with Crippen LogP contribution < -0.4 is 14.2 Å². The Morgan fingerprint density at radius 2 is 1.72 bits per heavy atom. The van der Waals surface area contributed by atoms with Crippen molar-refractivity contribution in [2.45, 2.75) is 19.5 Å². The van der Waals surface area contributed by atoms with Gasteiger partial charge in [-0.1, -0.05) is 30.3 Å². The number of carbonyl (C=O) groups is 2. The van der Waals surface area contributed by atoms with Crippen LogP contribution in [-0.4, -0.2) is 42.5 Å². The summed E-state index contributed by atoms with van der Waals surface area (Å²) in [6.07, 6.45) is 0. The molecule has 1 heterocycles. The molecule has 1 amide bonds. The quantitative estimate of drug-likeness (QED) is 0.275. The molecule has 0 bridgehead atoms. The largest absolute Gasteiger partial charge is 0.507 e. The van der Waals surface area contributed by atoms with Crippen molar-refractivity contribution < 1.29 is 33.3 Å². The maximum atomic E-state index is 13.5. The number of benzene rings is 3. The van der Waals surface area contributed by atoms with Gasteiger partial charge in [-0.05, 0) is 54.4 Å². The van der Waals surface area contributed by atoms with Crippen LogP contribution >= 0.6 is 0 Å². The molecule has 1 aliphatic rings. The van der Waals surface area contributed by atoms with Gasteiger partial charge < -0.3 is 24.2 Å². The van der Waals surface area contributed by atoms with Crippen molar-refractivity contribution in [2.75, 3.05) is 20.8 Å². The van der Waals surface area contributed by atoms with Crippen molar-refractivity contribution in [3.05, 3.63) is 94.8 Å². The Kier molecular flexibility index (Phi) is 7.24. The second kappa shape index (κ2) is 10.5. The topological polar surface area (TPSA) is 85.3 Å². The lowest BCUT2D eigenvalue weighted by Gasteiger charge is -2.26. The van der Waals surface area contributed by atoms with Crippen molar-refractivity contribution in [3.63, 3.8) is 0 Å². The number of ketones is 1. The van der Waals surface area contributed by atoms with Crippen molar-refractivity contribution in [2.24, 2.45) is 0 Å². The van der Waals surface area contributed by atoms with Gasteiger partial charge in [-0.25, -0.2) is 4.39 Å². The molecule has 3 aromatic carbocycles. The maximum Gasteiger partial charge on any atom is 0.295 e. The standard InChI is InChI=1S/C28H26FNO6/c1-4-36-23-15-18(10-13-22(23)35-3)25-24(26(31)19-6-5-7-21(14-19)34-2)27(32)28(33)30(25)16-17-8-11-20(29)12-9-17/h5-15,25,31H,4,16H2,1-3H3/b26-24-. The van der Waals surface area contributed by atoms with E-state index in [4.69, 9.17) is 14.2 Å². The molecule has 1 atom stereocenters. The fourth-order valence-corrected chi connectivity index (χ4v) is 4.23. The number of aliphatic hydroxyl groups excluding tert-OH is 1. The first kappa shape index (κ1) is 24.8. The van der Waals surface area contributed by atoms with Gasteiger partial charge in [-0.2, -0.15) is 0 Å². The Balaban J connectivity index is 1.89. The highest BCUT2D eigenvalue weighted by atomic mass is 19.1. The first-order chi connectivity index (χ1) is 17.4. The molecule has 1 unspecified atom stereocenters. The van der Waals surface area contributed by atoms with Gasteiger partial charge in [0.15, 0.2) is 11.5 Å². The summed E-state index contributed by atoms with van der Waals surface area (Å²) in [6.45, 7) is 2.23. The SMILES string of the molecule is CCOc1cc(C2/C(=C(/O)c3cccc(OC)c3)C(=O)C(=O)N2Cc2ccc(F)cc2)ccc1OC. The van der Waals surface area contributed by atoms with Crippen LogP contribution in [0.5, 0.6) is 17.2 Å². The molecule has 7 nitrogen and oxygen atoms in total. The Morgan fingerprint density at radius 1 is 0.972 bits per heavy atom. The fraction of sp³-hybridized carbons (Fsp3) is 0.214. The number of carbonyl (C=O) groups excluding carboxylic acids is 2. The Labute approximate surface area is 208 Å². The van der Waals surface area contributed by atoms with Crippen LogP contribution in [-0.2, 0) is 16.1 Å². The van der Waals surface area contributed by atoms with Crippen LogP contribution in [0.3, 0.4) is 0 Å². The van der Waals surface area contributed by atoms with Gasteiger partial charge in [-0.15, -0.1) is 0 Å². The number of hydrogen-bond donors (Lipinski definition) is 1. The Hall–Kier alpha value is -4.33. The van der Waals surface area contributed by atoms with E-state index in [-0.39, 0.29) is 17.9 Å². The third-order valence-corrected chi connectivity index (χ3v) is 5.95. The number of methoxy groups -OCH3 is 2. The molecule has 1 fully saturated rings. The second-order valence-corrected chi connectivity index (χ2v) is 8.13. The number of hydrogen-bond acceptors (Lipinski definition) is 6. The molecule has 0 aliphatic carbocycles. The van der Waals surface area contributed by atoms with Crippen molar-refractivity contribution in [1.29, 1.82) is 0 Å². The fourth-order valence-electron chi connectivity index (χ4n) is 4.23. The molecule has 1 N–H and O–H groups in total. The van der Waals surface area contributed by atoms with Crippen LogP contribution in [0.4, 0.5) is 4.39 Å². The highest BCUT2D eigenvalue weighted by Gasteiger charge is 2.46. The summed E-state index contributed by atoms with van der Waals surface area (Å²) >= 11 is 0. The lowest BCUT2D eigenvalue weighted by atomic mass is 9.94. The summed E-state index contributed by atoms with van der Waals surface area (Å²) in [5, 5.41) is 11.3. The van der Waals surface area contributed by atoms with Crippen molar-refractivity contribution in [1.82, 2.24) is 4.90 Å². The molecular weight excluding hydrogens is 465 g/mol. The summed E-state index contributed by atoms with van der Waals surface area (Å²) in [6, 6.07) is 16.4. The molecule has 36 heavy (non-hydrogen) atoms. The highest BCUT2D eigenvalue weighted by molar-refractivity contribution is 6.46. The molecule has 0 aromatic heterocycles. The van der Waals surface area contributed by atoms with Gasteiger partial charge in [0.2, 0.25) is 0 Å². The zero-order chi connectivity index (χ0) is 25.8. The lowest BCUT2D eigenvalue weighted by molar-refractivity contribution is -0.140. The monoisotopic (exact) mass is 491 g/mol. The summed E-state index contributed by atoms with van der Waals surface area (Å²) < 4.78 is 29.8. The number of halogens is 1. The number of aliphatic hydroxyl groups is 1. The molecule has 0 radical (unpaired) electrons. The Morgan fingerprint density at radius 3 is 2.39 bits per heavy atom. The first-order valence-corrected chi connectivity index (χ1v) is 11.4. The molecule has 186 valence electrons. The number of ether oxygens (including phenoxy) is 3. The van der Waals surface area contributed by atoms with Crippen LogP contribution in [0.1, 0.15) is 29.7 Å². The minimum atomic E-state index is -0.925. The third-order valence-electron chi connectivity index (χ3n) is 5.95. The molecule has 1 saturated heterocycles. The summed E-state index contributed by atoms with van der Waals surface area (Å²) in [5.74, 6) is -0.923. The van der Waals surface area contributed by atoms with E-state index in [1.807, 2.05) is 6.92 Å². The van der Waals surface area contributed by atoms with Crippen LogP contribution in [0, 0.1) is 5.82 Å². The van der Waals surface area contributed by atoms with Gasteiger partial charge in [0.05, 0.1) is 32.4 Å². The van der Waals surface area contributed by atoms with Crippen LogP contribution in [0.15, 0.2) is 72.3 Å². The van der Waals surface area contributed by atoms with Crippen LogP contribution in [0.25, 0.3) is 5.76 Å². The van der Waals surface area contributed by atoms with E-state index in [2.05, 4.69) is 0 Å². The lowest BCUT2D eigenvalue weighted by Crippen LogP contribution is -2.29. The summed E-state index contributed by atoms with van der Waals surface area (Å²) in [7, 11) is 3.01. The van der Waals surface area contributed by atoms with Gasteiger partial charge in [0.25, 0.3) is 11.7 Å². The van der Waals surface area contributed by atoms with Gasteiger partial charge >= 0.3 is 0 Å². The van der Waals surface area contributed by atoms with E-state index in [1.54, 1.807) is 54.6 Å². The molecule has 0 saturated carbocycles. The Bertz CT molecular complexity index is 1320. The smallest absolute Gasteiger partial charge is 0.295 e. The maximum absolute atomic E-state index is 13.5. The number of Topliss-reactive ketones (excluding diaryl/α,β-unsaturated/α-hetero) is 1. The van der Waals surface area contributed by atoms with E-state index < -0.39 is 23.5 Å². The average Bonchev–Trinajstić information content (AvgIpc) is 3.14. The van der Waals surface area contributed by atoms with E-state index in [0.29, 0.717) is 40.5 Å². The van der Waals surface area contributed by atoms with E-state index in [0.717, 1.165) is 0 Å². The van der Waals surface area contributed by atoms with Gasteiger partial charge in [0.1, 0.15) is 17.3 Å². The number of likely N-dealkylation sites (tertiary alicyclic amines) is 1. The number of rotatable bonds is 8. The van der Waals surface area contributed by atoms with E-state index in [9.17, 15) is 19.1 Å². The minimum absolute atomic E-state index is 0.0282. The molecule has 0 spiro atoms. The molecule has 3 aromatic rings. The zero-order valence-electron chi connectivity index (χ0n) is 20.2. The van der Waals surface area contributed by atoms with Crippen molar-refractivity contribution in [3.8, 4) is 17.2 Å². The molecular formula is C28H26FNO6. The minimum Gasteiger partial charge on any atom is -0.507 e. The predicted octanol–water partition coefficient (Wildman–Crippen LogP) is 4.86. The van der Waals surface area contributed by atoms with Crippen molar-refractivity contribution >= 4 is 17.4 Å². The second-order valence-electron chi connectivity index (χ2n) is 8.13. The summed E-state index contributed by atoms with van der Waals surface area (Å²) in [5.41, 5.74) is 1.44. The third kappa shape index (κ3) is 4.75. The predicted molar refractivity (Wildman–Crippen MR) is 131 cm³/mol. The first-order valence-electron chi connectivity index (χ1n) is 11.4. The number of nitrogens with zero attached hydrogens (tertiary/aromatic N) is 1. The summed E-state index contributed by atoms with van der Waals surface area (Å²) in [4.78, 5) is 27.9. The van der Waals surface area contributed by atoms with Gasteiger partial charge in [-0.3, -0.25) is 9.59 Å². The normalized spacial score (nSPS) is 16.8. The molecule has 8 heteroatoms. The average molecular weight is 492 g/mol. The molecule has 1 aliphatic heterocycles.